The molecule has 0 unspecified atom stereocenters. The van der Waals surface area contributed by atoms with Crippen LogP contribution in [-0.4, -0.2) is 41.2 Å². The van der Waals surface area contributed by atoms with Gasteiger partial charge in [-0.05, 0) is 67.7 Å². The van der Waals surface area contributed by atoms with Crippen LogP contribution in [0.3, 0.4) is 0 Å². The van der Waals surface area contributed by atoms with E-state index in [0.717, 1.165) is 44.6 Å². The Bertz CT molecular complexity index is 1080. The number of nitrogens with zero attached hydrogens (tertiary/aromatic N) is 2. The highest BCUT2D eigenvalue weighted by Crippen LogP contribution is 2.42. The van der Waals surface area contributed by atoms with Crippen LogP contribution < -0.4 is 0 Å². The molecule has 0 saturated carbocycles. The van der Waals surface area contributed by atoms with Crippen molar-refractivity contribution in [3.63, 3.8) is 0 Å². The van der Waals surface area contributed by atoms with E-state index in [9.17, 15) is 5.11 Å². The van der Waals surface area contributed by atoms with Gasteiger partial charge in [-0.1, -0.05) is 97.1 Å². The van der Waals surface area contributed by atoms with Crippen LogP contribution in [0.2, 0.25) is 0 Å². The highest BCUT2D eigenvalue weighted by Gasteiger charge is 2.40. The highest BCUT2D eigenvalue weighted by atomic mass is 35.5. The number of piperidine rings is 1. The maximum Gasteiger partial charge on any atom is 0.0635 e. The second-order valence-corrected chi connectivity index (χ2v) is 9.75. The molecule has 5 rings (SSSR count). The molecule has 3 nitrogen and oxygen atoms in total. The summed E-state index contributed by atoms with van der Waals surface area (Å²) in [4.78, 5) is 7.46. The SMILES string of the molecule is Cl.OCC1(c2ccccc2)CCN(CCC(c2ccccc2)(c2ccccc2)c2ccccn2)CC1. The first-order chi connectivity index (χ1) is 17.3. The summed E-state index contributed by atoms with van der Waals surface area (Å²) in [6, 6.07) is 38.5. The molecule has 0 atom stereocenters. The van der Waals surface area contributed by atoms with Crippen molar-refractivity contribution in [2.24, 2.45) is 0 Å². The lowest BCUT2D eigenvalue weighted by Gasteiger charge is -2.43. The fourth-order valence-corrected chi connectivity index (χ4v) is 5.80. The molecule has 0 spiro atoms. The summed E-state index contributed by atoms with van der Waals surface area (Å²) in [5.74, 6) is 0. The number of aliphatic hydroxyl groups is 1. The molecule has 186 valence electrons. The normalized spacial score (nSPS) is 15.7. The molecule has 4 heteroatoms. The minimum Gasteiger partial charge on any atom is -0.395 e. The lowest BCUT2D eigenvalue weighted by molar-refractivity contribution is 0.0982. The Labute approximate surface area is 221 Å². The maximum absolute atomic E-state index is 10.4. The van der Waals surface area contributed by atoms with Crippen LogP contribution in [0.5, 0.6) is 0 Å². The van der Waals surface area contributed by atoms with Gasteiger partial charge in [0, 0.05) is 11.6 Å². The first-order valence-corrected chi connectivity index (χ1v) is 12.7. The quantitative estimate of drug-likeness (QED) is 0.312. The van der Waals surface area contributed by atoms with Crippen LogP contribution in [0.4, 0.5) is 0 Å². The Morgan fingerprint density at radius 3 is 1.75 bits per heavy atom. The average Bonchev–Trinajstić information content (AvgIpc) is 2.96. The minimum atomic E-state index is -0.325. The summed E-state index contributed by atoms with van der Waals surface area (Å²) in [6.45, 7) is 3.14. The van der Waals surface area contributed by atoms with E-state index in [0.29, 0.717) is 0 Å². The molecule has 1 N–H and O–H groups in total. The zero-order chi connectivity index (χ0) is 24.0. The number of aromatic nitrogens is 1. The smallest absolute Gasteiger partial charge is 0.0635 e. The van der Waals surface area contributed by atoms with Crippen LogP contribution in [0, 0.1) is 0 Å². The molecule has 1 aliphatic heterocycles. The fourth-order valence-electron chi connectivity index (χ4n) is 5.80. The van der Waals surface area contributed by atoms with Crippen LogP contribution >= 0.6 is 12.4 Å². The van der Waals surface area contributed by atoms with Gasteiger partial charge in [-0.25, -0.2) is 0 Å². The van der Waals surface area contributed by atoms with Crippen LogP contribution in [0.15, 0.2) is 115 Å². The van der Waals surface area contributed by atoms with Gasteiger partial charge in [-0.3, -0.25) is 4.98 Å². The Balaban J connectivity index is 0.00000304. The van der Waals surface area contributed by atoms with Crippen LogP contribution in [0.1, 0.15) is 41.6 Å². The van der Waals surface area contributed by atoms with Gasteiger partial charge in [0.2, 0.25) is 0 Å². The van der Waals surface area contributed by atoms with Crippen molar-refractivity contribution in [3.8, 4) is 0 Å². The van der Waals surface area contributed by atoms with Gasteiger partial charge in [-0.15, -0.1) is 12.4 Å². The predicted octanol–water partition coefficient (Wildman–Crippen LogP) is 6.25. The van der Waals surface area contributed by atoms with Crippen LogP contribution in [0.25, 0.3) is 0 Å². The molecule has 1 saturated heterocycles. The largest absolute Gasteiger partial charge is 0.395 e. The molecule has 3 aromatic carbocycles. The zero-order valence-electron chi connectivity index (χ0n) is 20.7. The summed E-state index contributed by atoms with van der Waals surface area (Å²) in [5, 5.41) is 10.4. The van der Waals surface area contributed by atoms with Gasteiger partial charge in [0.05, 0.1) is 17.7 Å². The van der Waals surface area contributed by atoms with E-state index in [1.54, 1.807) is 0 Å². The average molecular weight is 499 g/mol. The number of halogens is 1. The Morgan fingerprint density at radius 1 is 0.722 bits per heavy atom. The molecule has 4 aromatic rings. The molecular formula is C32H35ClN2O. The van der Waals surface area contributed by atoms with E-state index in [4.69, 9.17) is 4.98 Å². The third kappa shape index (κ3) is 5.10. The number of hydrogen-bond acceptors (Lipinski definition) is 3. The third-order valence-corrected chi connectivity index (χ3v) is 7.94. The summed E-state index contributed by atoms with van der Waals surface area (Å²) in [7, 11) is 0. The molecule has 36 heavy (non-hydrogen) atoms. The zero-order valence-corrected chi connectivity index (χ0v) is 21.5. The molecule has 0 radical (unpaired) electrons. The fraction of sp³-hybridized carbons (Fsp3) is 0.281. The van der Waals surface area contributed by atoms with Gasteiger partial charge in [-0.2, -0.15) is 0 Å². The molecule has 0 bridgehead atoms. The van der Waals surface area contributed by atoms with E-state index in [2.05, 4.69) is 102 Å². The summed E-state index contributed by atoms with van der Waals surface area (Å²) >= 11 is 0. The first-order valence-electron chi connectivity index (χ1n) is 12.7. The lowest BCUT2D eigenvalue weighted by atomic mass is 9.69. The Kier molecular flexibility index (Phi) is 8.58. The van der Waals surface area contributed by atoms with Crippen LogP contribution in [-0.2, 0) is 10.8 Å². The van der Waals surface area contributed by atoms with E-state index in [-0.39, 0.29) is 29.8 Å². The molecule has 2 heterocycles. The Morgan fingerprint density at radius 2 is 1.25 bits per heavy atom. The molecular weight excluding hydrogens is 464 g/mol. The van der Waals surface area contributed by atoms with Crippen molar-refractivity contribution in [2.75, 3.05) is 26.2 Å². The monoisotopic (exact) mass is 498 g/mol. The number of hydrogen-bond donors (Lipinski definition) is 1. The van der Waals surface area contributed by atoms with Gasteiger partial charge in [0.25, 0.3) is 0 Å². The third-order valence-electron chi connectivity index (χ3n) is 7.94. The first kappa shape index (κ1) is 26.1. The molecule has 1 fully saturated rings. The second-order valence-electron chi connectivity index (χ2n) is 9.75. The van der Waals surface area contributed by atoms with E-state index < -0.39 is 0 Å². The number of pyridine rings is 1. The van der Waals surface area contributed by atoms with Gasteiger partial charge >= 0.3 is 0 Å². The Hall–Kier alpha value is -2.98. The summed E-state index contributed by atoms with van der Waals surface area (Å²) < 4.78 is 0. The van der Waals surface area contributed by atoms with Crippen molar-refractivity contribution in [1.29, 1.82) is 0 Å². The van der Waals surface area contributed by atoms with Crippen molar-refractivity contribution in [3.05, 3.63) is 138 Å². The van der Waals surface area contributed by atoms with E-state index in [1.807, 2.05) is 18.3 Å². The number of aliphatic hydroxyl groups excluding tert-OH is 1. The van der Waals surface area contributed by atoms with Crippen molar-refractivity contribution in [1.82, 2.24) is 9.88 Å². The van der Waals surface area contributed by atoms with Crippen molar-refractivity contribution < 1.29 is 5.11 Å². The molecule has 1 aromatic heterocycles. The molecule has 0 amide bonds. The van der Waals surface area contributed by atoms with E-state index >= 15 is 0 Å². The van der Waals surface area contributed by atoms with Gasteiger partial charge < -0.3 is 10.0 Å². The molecule has 1 aliphatic rings. The number of likely N-dealkylation sites (tertiary alicyclic amines) is 1. The minimum absolute atomic E-state index is 0. The summed E-state index contributed by atoms with van der Waals surface area (Å²) in [5.41, 5.74) is 4.44. The second kappa shape index (κ2) is 11.8. The molecule has 0 aliphatic carbocycles. The highest BCUT2D eigenvalue weighted by molar-refractivity contribution is 5.85. The maximum atomic E-state index is 10.4. The van der Waals surface area contributed by atoms with E-state index in [1.165, 1.54) is 16.7 Å². The van der Waals surface area contributed by atoms with Gasteiger partial charge in [0.1, 0.15) is 0 Å². The standard InChI is InChI=1S/C32H34N2O.ClH/c35-26-31(27-12-4-1-5-13-27)19-23-34(24-20-31)25-21-32(28-14-6-2-7-15-28,29-16-8-3-9-17-29)30-18-10-11-22-33-30;/h1-18,22,35H,19-21,23-26H2;1H. The number of benzene rings is 3. The number of rotatable bonds is 8. The topological polar surface area (TPSA) is 36.4 Å². The lowest BCUT2D eigenvalue weighted by Crippen LogP contribution is -2.46. The van der Waals surface area contributed by atoms with Gasteiger partial charge in [0.15, 0.2) is 0 Å². The van der Waals surface area contributed by atoms with Crippen molar-refractivity contribution in [2.45, 2.75) is 30.1 Å². The predicted molar refractivity (Wildman–Crippen MR) is 150 cm³/mol. The van der Waals surface area contributed by atoms with Crippen molar-refractivity contribution >= 4 is 12.4 Å². The summed E-state index contributed by atoms with van der Waals surface area (Å²) in [6.07, 6.45) is 4.80.